The summed E-state index contributed by atoms with van der Waals surface area (Å²) >= 11 is 0. The third-order valence-electron chi connectivity index (χ3n) is 3.54. The van der Waals surface area contributed by atoms with E-state index in [-0.39, 0.29) is 0 Å². The number of fused-ring (bicyclic) bond motifs is 2. The molecule has 2 unspecified atom stereocenters. The Kier molecular flexibility index (Phi) is 2.58. The number of rotatable bonds is 2. The zero-order valence-corrected chi connectivity index (χ0v) is 8.95. The van der Waals surface area contributed by atoms with E-state index < -0.39 is 0 Å². The normalized spacial score (nSPS) is 40.2. The second kappa shape index (κ2) is 3.56. The van der Waals surface area contributed by atoms with Gasteiger partial charge >= 0.3 is 0 Å². The average molecular weight is 183 g/mol. The van der Waals surface area contributed by atoms with E-state index in [1.54, 1.807) is 0 Å². The Hall–Kier alpha value is -0.120. The summed E-state index contributed by atoms with van der Waals surface area (Å²) in [5.41, 5.74) is 3.51. The van der Waals surface area contributed by atoms with Gasteiger partial charge in [0.2, 0.25) is 0 Å². The molecule has 2 rings (SSSR count). The van der Waals surface area contributed by atoms with Crippen LogP contribution < -0.4 is 5.43 Å². The lowest BCUT2D eigenvalue weighted by atomic mass is 9.99. The Morgan fingerprint density at radius 3 is 2.15 bits per heavy atom. The molecule has 2 atom stereocenters. The molecule has 76 valence electrons. The number of hydrazine groups is 1. The van der Waals surface area contributed by atoms with Crippen molar-refractivity contribution in [3.63, 3.8) is 0 Å². The van der Waals surface area contributed by atoms with E-state index in [0.29, 0.717) is 6.04 Å². The lowest BCUT2D eigenvalue weighted by Gasteiger charge is -2.37. The van der Waals surface area contributed by atoms with Crippen molar-refractivity contribution in [2.45, 2.75) is 43.8 Å². The molecule has 0 amide bonds. The van der Waals surface area contributed by atoms with Crippen LogP contribution in [0.25, 0.3) is 0 Å². The summed E-state index contributed by atoms with van der Waals surface area (Å²) in [7, 11) is 6.45. The van der Waals surface area contributed by atoms with Crippen molar-refractivity contribution in [1.82, 2.24) is 15.3 Å². The van der Waals surface area contributed by atoms with Crippen LogP contribution in [0.4, 0.5) is 0 Å². The highest BCUT2D eigenvalue weighted by Crippen LogP contribution is 2.34. The number of nitrogens with zero attached hydrogens (tertiary/aromatic N) is 2. The fraction of sp³-hybridized carbons (Fsp3) is 1.00. The van der Waals surface area contributed by atoms with Gasteiger partial charge in [0.25, 0.3) is 0 Å². The predicted octanol–water partition coefficient (Wildman–Crippen LogP) is 0.678. The van der Waals surface area contributed by atoms with Crippen LogP contribution in [0, 0.1) is 0 Å². The fourth-order valence-corrected chi connectivity index (χ4v) is 2.88. The number of hydrogen-bond acceptors (Lipinski definition) is 3. The molecule has 3 nitrogen and oxygen atoms in total. The minimum absolute atomic E-state index is 0.712. The number of piperidine rings is 1. The van der Waals surface area contributed by atoms with E-state index in [0.717, 1.165) is 12.1 Å². The van der Waals surface area contributed by atoms with Crippen LogP contribution >= 0.6 is 0 Å². The molecule has 0 aromatic rings. The van der Waals surface area contributed by atoms with Crippen molar-refractivity contribution in [3.8, 4) is 0 Å². The third-order valence-corrected chi connectivity index (χ3v) is 3.54. The van der Waals surface area contributed by atoms with Gasteiger partial charge in [-0.05, 0) is 32.7 Å². The highest BCUT2D eigenvalue weighted by Gasteiger charge is 2.38. The predicted molar refractivity (Wildman–Crippen MR) is 54.4 cm³/mol. The highest BCUT2D eigenvalue weighted by atomic mass is 15.5. The molecule has 2 aliphatic heterocycles. The molecular formula is C10H21N3. The minimum Gasteiger partial charge on any atom is -0.300 e. The van der Waals surface area contributed by atoms with Crippen molar-refractivity contribution in [2.24, 2.45) is 0 Å². The molecule has 13 heavy (non-hydrogen) atoms. The van der Waals surface area contributed by atoms with Gasteiger partial charge in [-0.1, -0.05) is 0 Å². The SMILES string of the molecule is CN(C)NC1CC2CCC(C1)N2C. The fourth-order valence-electron chi connectivity index (χ4n) is 2.88. The Morgan fingerprint density at radius 2 is 1.69 bits per heavy atom. The largest absolute Gasteiger partial charge is 0.300 e. The molecule has 2 fully saturated rings. The van der Waals surface area contributed by atoms with Crippen molar-refractivity contribution in [2.75, 3.05) is 21.1 Å². The zero-order valence-electron chi connectivity index (χ0n) is 8.95. The van der Waals surface area contributed by atoms with Crippen LogP contribution in [0.1, 0.15) is 25.7 Å². The molecule has 0 saturated carbocycles. The molecule has 0 radical (unpaired) electrons. The maximum absolute atomic E-state index is 3.51. The molecule has 2 saturated heterocycles. The number of nitrogens with one attached hydrogen (secondary N) is 1. The summed E-state index contributed by atoms with van der Waals surface area (Å²) in [6.07, 6.45) is 5.47. The van der Waals surface area contributed by atoms with Crippen molar-refractivity contribution in [1.29, 1.82) is 0 Å². The Bertz CT molecular complexity index is 167. The van der Waals surface area contributed by atoms with Gasteiger partial charge in [0.15, 0.2) is 0 Å². The summed E-state index contributed by atoms with van der Waals surface area (Å²) in [5, 5.41) is 2.09. The van der Waals surface area contributed by atoms with Crippen LogP contribution in [-0.4, -0.2) is 49.2 Å². The Balaban J connectivity index is 1.91. The zero-order chi connectivity index (χ0) is 9.42. The van der Waals surface area contributed by atoms with Crippen LogP contribution in [0.3, 0.4) is 0 Å². The quantitative estimate of drug-likeness (QED) is 0.635. The van der Waals surface area contributed by atoms with Gasteiger partial charge in [-0.2, -0.15) is 0 Å². The van der Waals surface area contributed by atoms with E-state index in [1.165, 1.54) is 25.7 Å². The minimum atomic E-state index is 0.712. The maximum Gasteiger partial charge on any atom is 0.0244 e. The second-order valence-corrected chi connectivity index (χ2v) is 4.74. The molecule has 3 heteroatoms. The van der Waals surface area contributed by atoms with Gasteiger partial charge in [-0.25, -0.2) is 0 Å². The van der Waals surface area contributed by atoms with Crippen LogP contribution in [0.2, 0.25) is 0 Å². The van der Waals surface area contributed by atoms with Crippen molar-refractivity contribution >= 4 is 0 Å². The van der Waals surface area contributed by atoms with Gasteiger partial charge in [0.1, 0.15) is 0 Å². The first kappa shape index (κ1) is 9.44. The van der Waals surface area contributed by atoms with E-state index in [9.17, 15) is 0 Å². The van der Waals surface area contributed by atoms with Crippen LogP contribution in [0.5, 0.6) is 0 Å². The average Bonchev–Trinajstić information content (AvgIpc) is 2.33. The lowest BCUT2D eigenvalue weighted by molar-refractivity contribution is 0.112. The molecule has 2 aliphatic rings. The van der Waals surface area contributed by atoms with Crippen molar-refractivity contribution in [3.05, 3.63) is 0 Å². The van der Waals surface area contributed by atoms with Crippen LogP contribution in [0.15, 0.2) is 0 Å². The van der Waals surface area contributed by atoms with Crippen LogP contribution in [-0.2, 0) is 0 Å². The standard InChI is InChI=1S/C10H21N3/c1-12(2)11-8-6-9-4-5-10(7-8)13(9)3/h8-11H,4-7H2,1-3H3. The molecule has 0 aromatic heterocycles. The van der Waals surface area contributed by atoms with E-state index in [1.807, 2.05) is 0 Å². The molecule has 2 heterocycles. The van der Waals surface area contributed by atoms with E-state index in [2.05, 4.69) is 36.5 Å². The number of hydrogen-bond donors (Lipinski definition) is 1. The first-order valence-corrected chi connectivity index (χ1v) is 5.32. The molecule has 0 aromatic carbocycles. The first-order chi connectivity index (χ1) is 6.16. The summed E-state index contributed by atoms with van der Waals surface area (Å²) in [6.45, 7) is 0. The first-order valence-electron chi connectivity index (χ1n) is 5.32. The van der Waals surface area contributed by atoms with E-state index >= 15 is 0 Å². The van der Waals surface area contributed by atoms with Gasteiger partial charge in [-0.3, -0.25) is 10.4 Å². The topological polar surface area (TPSA) is 18.5 Å². The summed E-state index contributed by atoms with van der Waals surface area (Å²) in [5.74, 6) is 0. The highest BCUT2D eigenvalue weighted by molar-refractivity contribution is 4.95. The molecule has 0 spiro atoms. The van der Waals surface area contributed by atoms with Crippen molar-refractivity contribution < 1.29 is 0 Å². The van der Waals surface area contributed by atoms with E-state index in [4.69, 9.17) is 0 Å². The van der Waals surface area contributed by atoms with Gasteiger partial charge < -0.3 is 4.90 Å². The second-order valence-electron chi connectivity index (χ2n) is 4.74. The summed E-state index contributed by atoms with van der Waals surface area (Å²) < 4.78 is 0. The summed E-state index contributed by atoms with van der Waals surface area (Å²) in [6, 6.07) is 2.40. The summed E-state index contributed by atoms with van der Waals surface area (Å²) in [4.78, 5) is 2.58. The monoisotopic (exact) mass is 183 g/mol. The van der Waals surface area contributed by atoms with Gasteiger partial charge in [0, 0.05) is 32.2 Å². The maximum atomic E-state index is 3.51. The van der Waals surface area contributed by atoms with Gasteiger partial charge in [-0.15, -0.1) is 0 Å². The van der Waals surface area contributed by atoms with Gasteiger partial charge in [0.05, 0.1) is 0 Å². The molecular weight excluding hydrogens is 162 g/mol. The lowest BCUT2D eigenvalue weighted by Crippen LogP contribution is -2.50. The molecule has 2 bridgehead atoms. The third kappa shape index (κ3) is 1.87. The Morgan fingerprint density at radius 1 is 1.15 bits per heavy atom. The Labute approximate surface area is 81.1 Å². The molecule has 1 N–H and O–H groups in total. The smallest absolute Gasteiger partial charge is 0.0244 e. The molecule has 0 aliphatic carbocycles.